The number of carboxylic acids is 1. The molecule has 0 fully saturated rings. The lowest BCUT2D eigenvalue weighted by Crippen LogP contribution is -2.01. The molecule has 0 unspecified atom stereocenters. The Morgan fingerprint density at radius 2 is 2.18 bits per heavy atom. The predicted molar refractivity (Wildman–Crippen MR) is 59.6 cm³/mol. The minimum absolute atomic E-state index is 0.0891. The average molecular weight is 230 g/mol. The minimum atomic E-state index is -1.04. The number of hydrogen-bond donors (Lipinski definition) is 1. The van der Waals surface area contributed by atoms with Crippen LogP contribution in [-0.2, 0) is 0 Å². The first-order valence-electron chi connectivity index (χ1n) is 4.95. The van der Waals surface area contributed by atoms with Crippen LogP contribution in [0.4, 0.5) is 4.39 Å². The van der Waals surface area contributed by atoms with Crippen LogP contribution in [0.5, 0.6) is 0 Å². The standard InChI is InChI=1S/C12H7FN2O2/c13-8-1-2-9-7(5-8)3-4-15-10(12(16)17)6-14-11(9)15/h1-6H,(H,16,17). The van der Waals surface area contributed by atoms with E-state index in [0.29, 0.717) is 11.0 Å². The SMILES string of the molecule is O=C(O)c1cnc2c3ccc(F)cc3ccn12. The van der Waals surface area contributed by atoms with Crippen molar-refractivity contribution in [1.82, 2.24) is 9.38 Å². The number of carboxylic acid groups (broad SMARTS) is 1. The summed E-state index contributed by atoms with van der Waals surface area (Å²) in [6.45, 7) is 0. The number of imidazole rings is 1. The first kappa shape index (κ1) is 9.77. The summed E-state index contributed by atoms with van der Waals surface area (Å²) in [4.78, 5) is 15.0. The molecule has 4 nitrogen and oxygen atoms in total. The topological polar surface area (TPSA) is 54.6 Å². The monoisotopic (exact) mass is 230 g/mol. The Kier molecular flexibility index (Phi) is 1.89. The van der Waals surface area contributed by atoms with Gasteiger partial charge in [0.1, 0.15) is 11.5 Å². The summed E-state index contributed by atoms with van der Waals surface area (Å²) in [5.74, 6) is -1.37. The molecule has 0 aliphatic carbocycles. The lowest BCUT2D eigenvalue weighted by atomic mass is 10.1. The lowest BCUT2D eigenvalue weighted by molar-refractivity contribution is 0.0689. The van der Waals surface area contributed by atoms with Crippen LogP contribution in [0.25, 0.3) is 16.4 Å². The second-order valence-corrected chi connectivity index (χ2v) is 3.69. The molecule has 3 rings (SSSR count). The van der Waals surface area contributed by atoms with Gasteiger partial charge in [-0.05, 0) is 29.7 Å². The lowest BCUT2D eigenvalue weighted by Gasteiger charge is -2.01. The van der Waals surface area contributed by atoms with Crippen LogP contribution < -0.4 is 0 Å². The molecular weight excluding hydrogens is 223 g/mol. The van der Waals surface area contributed by atoms with Crippen LogP contribution >= 0.6 is 0 Å². The maximum Gasteiger partial charge on any atom is 0.354 e. The quantitative estimate of drug-likeness (QED) is 0.698. The third kappa shape index (κ3) is 1.36. The van der Waals surface area contributed by atoms with Crippen molar-refractivity contribution in [3.8, 4) is 0 Å². The number of fused-ring (bicyclic) bond motifs is 3. The smallest absolute Gasteiger partial charge is 0.354 e. The van der Waals surface area contributed by atoms with Gasteiger partial charge in [-0.2, -0.15) is 0 Å². The molecule has 3 aromatic rings. The maximum absolute atomic E-state index is 13.0. The molecule has 1 aromatic carbocycles. The zero-order valence-corrected chi connectivity index (χ0v) is 8.59. The van der Waals surface area contributed by atoms with E-state index in [0.717, 1.165) is 5.39 Å². The average Bonchev–Trinajstić information content (AvgIpc) is 2.72. The minimum Gasteiger partial charge on any atom is -0.477 e. The summed E-state index contributed by atoms with van der Waals surface area (Å²) < 4.78 is 14.5. The van der Waals surface area contributed by atoms with E-state index in [1.54, 1.807) is 18.3 Å². The van der Waals surface area contributed by atoms with Gasteiger partial charge in [-0.1, -0.05) is 0 Å². The van der Waals surface area contributed by atoms with Crippen molar-refractivity contribution in [2.24, 2.45) is 0 Å². The molecule has 0 atom stereocenters. The highest BCUT2D eigenvalue weighted by Crippen LogP contribution is 2.21. The van der Waals surface area contributed by atoms with E-state index in [4.69, 9.17) is 5.11 Å². The summed E-state index contributed by atoms with van der Waals surface area (Å²) in [5.41, 5.74) is 0.603. The molecule has 0 radical (unpaired) electrons. The number of nitrogens with zero attached hydrogens (tertiary/aromatic N) is 2. The second-order valence-electron chi connectivity index (χ2n) is 3.69. The number of hydrogen-bond acceptors (Lipinski definition) is 2. The Bertz CT molecular complexity index is 749. The van der Waals surface area contributed by atoms with Crippen molar-refractivity contribution < 1.29 is 14.3 Å². The summed E-state index contributed by atoms with van der Waals surface area (Å²) in [6.07, 6.45) is 2.87. The van der Waals surface area contributed by atoms with Crippen LogP contribution in [-0.4, -0.2) is 20.5 Å². The molecule has 0 aliphatic heterocycles. The summed E-state index contributed by atoms with van der Waals surface area (Å²) >= 11 is 0. The summed E-state index contributed by atoms with van der Waals surface area (Å²) in [7, 11) is 0. The third-order valence-corrected chi connectivity index (χ3v) is 2.67. The molecular formula is C12H7FN2O2. The molecule has 0 saturated carbocycles. The number of aromatic carboxylic acids is 1. The summed E-state index contributed by atoms with van der Waals surface area (Å²) in [6, 6.07) is 5.99. The Hall–Kier alpha value is -2.43. The molecule has 0 saturated heterocycles. The highest BCUT2D eigenvalue weighted by molar-refractivity contribution is 5.96. The number of pyridine rings is 1. The van der Waals surface area contributed by atoms with Crippen molar-refractivity contribution in [2.45, 2.75) is 0 Å². The van der Waals surface area contributed by atoms with Gasteiger partial charge in [0.05, 0.1) is 6.20 Å². The van der Waals surface area contributed by atoms with E-state index in [1.165, 1.54) is 22.7 Å². The van der Waals surface area contributed by atoms with Crippen molar-refractivity contribution in [3.05, 3.63) is 48.2 Å². The Labute approximate surface area is 94.9 Å². The van der Waals surface area contributed by atoms with Crippen LogP contribution in [0, 0.1) is 5.82 Å². The maximum atomic E-state index is 13.0. The Morgan fingerprint density at radius 1 is 1.35 bits per heavy atom. The fraction of sp³-hybridized carbons (Fsp3) is 0. The van der Waals surface area contributed by atoms with Crippen molar-refractivity contribution >= 4 is 22.4 Å². The van der Waals surface area contributed by atoms with Crippen LogP contribution in [0.3, 0.4) is 0 Å². The van der Waals surface area contributed by atoms with Gasteiger partial charge in [0, 0.05) is 11.6 Å². The number of carbonyl (C=O) groups is 1. The molecule has 5 heteroatoms. The van der Waals surface area contributed by atoms with Crippen molar-refractivity contribution in [1.29, 1.82) is 0 Å². The molecule has 0 spiro atoms. The third-order valence-electron chi connectivity index (χ3n) is 2.67. The fourth-order valence-electron chi connectivity index (χ4n) is 1.90. The highest BCUT2D eigenvalue weighted by atomic mass is 19.1. The Morgan fingerprint density at radius 3 is 2.94 bits per heavy atom. The fourth-order valence-corrected chi connectivity index (χ4v) is 1.90. The molecule has 2 aromatic heterocycles. The molecule has 84 valence electrons. The first-order chi connectivity index (χ1) is 8.16. The van der Waals surface area contributed by atoms with Gasteiger partial charge in [-0.3, -0.25) is 4.40 Å². The van der Waals surface area contributed by atoms with E-state index < -0.39 is 5.97 Å². The molecule has 0 aliphatic rings. The van der Waals surface area contributed by atoms with Gasteiger partial charge in [0.15, 0.2) is 5.69 Å². The first-order valence-corrected chi connectivity index (χ1v) is 4.95. The summed E-state index contributed by atoms with van der Waals surface area (Å²) in [5, 5.41) is 10.4. The van der Waals surface area contributed by atoms with E-state index in [2.05, 4.69) is 4.98 Å². The number of aromatic nitrogens is 2. The van der Waals surface area contributed by atoms with Gasteiger partial charge in [-0.15, -0.1) is 0 Å². The van der Waals surface area contributed by atoms with E-state index in [-0.39, 0.29) is 11.5 Å². The largest absolute Gasteiger partial charge is 0.477 e. The highest BCUT2D eigenvalue weighted by Gasteiger charge is 2.12. The van der Waals surface area contributed by atoms with Gasteiger partial charge in [0.25, 0.3) is 0 Å². The van der Waals surface area contributed by atoms with Crippen LogP contribution in [0.1, 0.15) is 10.5 Å². The van der Waals surface area contributed by atoms with Crippen LogP contribution in [0.15, 0.2) is 36.7 Å². The van der Waals surface area contributed by atoms with Gasteiger partial charge >= 0.3 is 5.97 Å². The Balaban J connectivity index is 2.45. The zero-order valence-electron chi connectivity index (χ0n) is 8.59. The van der Waals surface area contributed by atoms with E-state index in [1.807, 2.05) is 0 Å². The van der Waals surface area contributed by atoms with Crippen molar-refractivity contribution in [2.75, 3.05) is 0 Å². The zero-order chi connectivity index (χ0) is 12.0. The van der Waals surface area contributed by atoms with Gasteiger partial charge in [-0.25, -0.2) is 14.2 Å². The van der Waals surface area contributed by atoms with Gasteiger partial charge in [0.2, 0.25) is 0 Å². The number of benzene rings is 1. The molecule has 0 bridgehead atoms. The number of halogens is 1. The van der Waals surface area contributed by atoms with E-state index >= 15 is 0 Å². The molecule has 17 heavy (non-hydrogen) atoms. The van der Waals surface area contributed by atoms with Crippen LogP contribution in [0.2, 0.25) is 0 Å². The second kappa shape index (κ2) is 3.28. The number of rotatable bonds is 1. The van der Waals surface area contributed by atoms with Gasteiger partial charge < -0.3 is 5.11 Å². The normalized spacial score (nSPS) is 11.1. The molecule has 1 N–H and O–H groups in total. The predicted octanol–water partition coefficient (Wildman–Crippen LogP) is 2.32. The van der Waals surface area contributed by atoms with Crippen molar-refractivity contribution in [3.63, 3.8) is 0 Å². The molecule has 0 amide bonds. The van der Waals surface area contributed by atoms with E-state index in [9.17, 15) is 9.18 Å². The molecule has 2 heterocycles.